The van der Waals surface area contributed by atoms with Gasteiger partial charge in [-0.1, -0.05) is 18.2 Å². The molecule has 0 unspecified atom stereocenters. The smallest absolute Gasteiger partial charge is 0.417 e. The summed E-state index contributed by atoms with van der Waals surface area (Å²) in [6.07, 6.45) is -3.62. The van der Waals surface area contributed by atoms with Crippen LogP contribution in [0.1, 0.15) is 11.1 Å². The summed E-state index contributed by atoms with van der Waals surface area (Å²) in [5.41, 5.74) is -0.469. The molecule has 1 heterocycles. The Morgan fingerprint density at radius 2 is 2.00 bits per heavy atom. The zero-order chi connectivity index (χ0) is 14.9. The van der Waals surface area contributed by atoms with Gasteiger partial charge in [0.25, 0.3) is 0 Å². The second-order valence-corrected chi connectivity index (χ2v) is 4.26. The fourth-order valence-corrected chi connectivity index (χ4v) is 2.06. The van der Waals surface area contributed by atoms with Gasteiger partial charge in [0.15, 0.2) is 0 Å². The van der Waals surface area contributed by atoms with E-state index in [2.05, 4.69) is 5.10 Å². The van der Waals surface area contributed by atoms with E-state index in [0.717, 1.165) is 6.07 Å². The molecule has 0 bridgehead atoms. The van der Waals surface area contributed by atoms with Crippen LogP contribution in [0, 0.1) is 0 Å². The van der Waals surface area contributed by atoms with Crippen LogP contribution in [0.15, 0.2) is 30.5 Å². The predicted molar refractivity (Wildman–Crippen MR) is 65.0 cm³/mol. The average molecular weight is 284 g/mol. The zero-order valence-corrected chi connectivity index (χ0v) is 10.5. The van der Waals surface area contributed by atoms with Crippen molar-refractivity contribution in [3.05, 3.63) is 41.6 Å². The van der Waals surface area contributed by atoms with Gasteiger partial charge in [0, 0.05) is 18.2 Å². The SMILES string of the molecule is Cn1ncc(CC(=O)O)c1-c1ccccc1C(F)(F)F. The molecule has 0 radical (unpaired) electrons. The quantitative estimate of drug-likeness (QED) is 0.942. The second-order valence-electron chi connectivity index (χ2n) is 4.26. The number of hydrogen-bond donors (Lipinski definition) is 1. The Morgan fingerprint density at radius 3 is 2.60 bits per heavy atom. The lowest BCUT2D eigenvalue weighted by molar-refractivity contribution is -0.137. The maximum atomic E-state index is 13.0. The van der Waals surface area contributed by atoms with E-state index in [9.17, 15) is 18.0 Å². The van der Waals surface area contributed by atoms with Crippen LogP contribution in [-0.4, -0.2) is 20.9 Å². The number of halogens is 3. The maximum Gasteiger partial charge on any atom is 0.417 e. The molecule has 1 aromatic carbocycles. The molecule has 1 aromatic heterocycles. The van der Waals surface area contributed by atoms with Crippen LogP contribution in [0.3, 0.4) is 0 Å². The van der Waals surface area contributed by atoms with Crippen LogP contribution >= 0.6 is 0 Å². The van der Waals surface area contributed by atoms with Gasteiger partial charge in [-0.25, -0.2) is 0 Å². The van der Waals surface area contributed by atoms with Gasteiger partial charge < -0.3 is 5.11 Å². The van der Waals surface area contributed by atoms with E-state index in [4.69, 9.17) is 5.11 Å². The van der Waals surface area contributed by atoms with Crippen molar-refractivity contribution in [1.29, 1.82) is 0 Å². The first-order valence-electron chi connectivity index (χ1n) is 5.70. The van der Waals surface area contributed by atoms with E-state index in [1.54, 1.807) is 0 Å². The Kier molecular flexibility index (Phi) is 3.52. The van der Waals surface area contributed by atoms with Gasteiger partial charge in [0.05, 0.1) is 23.9 Å². The molecule has 0 atom stereocenters. The van der Waals surface area contributed by atoms with Crippen LogP contribution in [0.2, 0.25) is 0 Å². The second kappa shape index (κ2) is 4.99. The number of aryl methyl sites for hydroxylation is 1. The van der Waals surface area contributed by atoms with Crippen LogP contribution < -0.4 is 0 Å². The highest BCUT2D eigenvalue weighted by atomic mass is 19.4. The summed E-state index contributed by atoms with van der Waals surface area (Å²) in [6, 6.07) is 5.04. The molecule has 2 rings (SSSR count). The molecule has 0 spiro atoms. The third-order valence-electron chi connectivity index (χ3n) is 2.84. The molecule has 4 nitrogen and oxygen atoms in total. The molecule has 0 aliphatic rings. The predicted octanol–water partition coefficient (Wildman–Crippen LogP) is 2.73. The van der Waals surface area contributed by atoms with Crippen molar-refractivity contribution in [2.24, 2.45) is 7.05 Å². The normalized spacial score (nSPS) is 11.6. The molecule has 0 saturated carbocycles. The van der Waals surface area contributed by atoms with E-state index in [1.165, 1.54) is 36.1 Å². The van der Waals surface area contributed by atoms with Crippen molar-refractivity contribution in [3.63, 3.8) is 0 Å². The maximum absolute atomic E-state index is 13.0. The molecule has 0 aliphatic heterocycles. The van der Waals surface area contributed by atoms with Gasteiger partial charge in [0.2, 0.25) is 0 Å². The lowest BCUT2D eigenvalue weighted by atomic mass is 10.00. The van der Waals surface area contributed by atoms with Gasteiger partial charge in [-0.2, -0.15) is 18.3 Å². The Labute approximate surface area is 112 Å². The molecule has 0 amide bonds. The monoisotopic (exact) mass is 284 g/mol. The molecule has 0 aliphatic carbocycles. The first-order valence-corrected chi connectivity index (χ1v) is 5.70. The lowest BCUT2D eigenvalue weighted by Crippen LogP contribution is -2.10. The molecular weight excluding hydrogens is 273 g/mol. The minimum atomic E-state index is -4.51. The largest absolute Gasteiger partial charge is 0.481 e. The molecule has 0 fully saturated rings. The van der Waals surface area contributed by atoms with E-state index in [0.29, 0.717) is 0 Å². The number of aromatic nitrogens is 2. The summed E-state index contributed by atoms with van der Waals surface area (Å²) in [5.74, 6) is -1.12. The zero-order valence-electron chi connectivity index (χ0n) is 10.5. The molecule has 20 heavy (non-hydrogen) atoms. The summed E-state index contributed by atoms with van der Waals surface area (Å²) in [7, 11) is 1.48. The van der Waals surface area contributed by atoms with Crippen LogP contribution in [0.4, 0.5) is 13.2 Å². The number of alkyl halides is 3. The highest BCUT2D eigenvalue weighted by Gasteiger charge is 2.34. The van der Waals surface area contributed by atoms with Gasteiger partial charge in [-0.15, -0.1) is 0 Å². The Balaban J connectivity index is 2.63. The Morgan fingerprint density at radius 1 is 1.35 bits per heavy atom. The number of benzene rings is 1. The van der Waals surface area contributed by atoms with Crippen molar-refractivity contribution in [3.8, 4) is 11.3 Å². The minimum Gasteiger partial charge on any atom is -0.481 e. The van der Waals surface area contributed by atoms with E-state index >= 15 is 0 Å². The first-order chi connectivity index (χ1) is 9.30. The number of carboxylic acid groups (broad SMARTS) is 1. The van der Waals surface area contributed by atoms with Crippen molar-refractivity contribution in [2.45, 2.75) is 12.6 Å². The van der Waals surface area contributed by atoms with Gasteiger partial charge in [-0.05, 0) is 6.07 Å². The number of aliphatic carboxylic acids is 1. The first kappa shape index (κ1) is 14.1. The van der Waals surface area contributed by atoms with Gasteiger partial charge in [0.1, 0.15) is 0 Å². The Bertz CT molecular complexity index is 647. The number of carbonyl (C=O) groups is 1. The molecule has 106 valence electrons. The standard InChI is InChI=1S/C13H11F3N2O2/c1-18-12(8(7-17-18)6-11(19)20)9-4-2-3-5-10(9)13(14,15)16/h2-5,7H,6H2,1H3,(H,19,20). The molecule has 2 aromatic rings. The third kappa shape index (κ3) is 2.66. The van der Waals surface area contributed by atoms with Crippen molar-refractivity contribution in [2.75, 3.05) is 0 Å². The van der Waals surface area contributed by atoms with Crippen molar-refractivity contribution >= 4 is 5.97 Å². The van der Waals surface area contributed by atoms with Gasteiger partial charge in [-0.3, -0.25) is 9.48 Å². The van der Waals surface area contributed by atoms with Crippen LogP contribution in [0.25, 0.3) is 11.3 Å². The summed E-state index contributed by atoms with van der Waals surface area (Å²) in [4.78, 5) is 10.8. The molecular formula is C13H11F3N2O2. The number of nitrogens with zero attached hydrogens (tertiary/aromatic N) is 2. The van der Waals surface area contributed by atoms with Crippen molar-refractivity contribution in [1.82, 2.24) is 9.78 Å². The van der Waals surface area contributed by atoms with Crippen molar-refractivity contribution < 1.29 is 23.1 Å². The topological polar surface area (TPSA) is 55.1 Å². The third-order valence-corrected chi connectivity index (χ3v) is 2.84. The average Bonchev–Trinajstić information content (AvgIpc) is 2.68. The molecule has 7 heteroatoms. The lowest BCUT2D eigenvalue weighted by Gasteiger charge is -2.14. The summed E-state index contributed by atoms with van der Waals surface area (Å²) in [6.45, 7) is 0. The fourth-order valence-electron chi connectivity index (χ4n) is 2.06. The number of hydrogen-bond acceptors (Lipinski definition) is 2. The van der Waals surface area contributed by atoms with Gasteiger partial charge >= 0.3 is 12.1 Å². The highest BCUT2D eigenvalue weighted by Crippen LogP contribution is 2.37. The number of carboxylic acids is 1. The Hall–Kier alpha value is -2.31. The van der Waals surface area contributed by atoms with Crippen LogP contribution in [0.5, 0.6) is 0 Å². The van der Waals surface area contributed by atoms with Crippen LogP contribution in [-0.2, 0) is 24.4 Å². The van der Waals surface area contributed by atoms with E-state index < -0.39 is 17.7 Å². The summed E-state index contributed by atoms with van der Waals surface area (Å²) in [5, 5.41) is 12.7. The summed E-state index contributed by atoms with van der Waals surface area (Å²) < 4.78 is 40.3. The van der Waals surface area contributed by atoms with E-state index in [-0.39, 0.29) is 23.2 Å². The molecule has 0 saturated heterocycles. The minimum absolute atomic E-state index is 0.0729. The number of rotatable bonds is 3. The summed E-state index contributed by atoms with van der Waals surface area (Å²) >= 11 is 0. The fraction of sp³-hybridized carbons (Fsp3) is 0.231. The highest BCUT2D eigenvalue weighted by molar-refractivity contribution is 5.76. The molecule has 1 N–H and O–H groups in total. The van der Waals surface area contributed by atoms with E-state index in [1.807, 2.05) is 0 Å².